The van der Waals surface area contributed by atoms with Crippen molar-refractivity contribution in [2.75, 3.05) is 19.0 Å². The maximum atomic E-state index is 12.4. The third-order valence-corrected chi connectivity index (χ3v) is 5.08. The highest BCUT2D eigenvalue weighted by molar-refractivity contribution is 6.30. The molecule has 1 fully saturated rings. The van der Waals surface area contributed by atoms with Gasteiger partial charge in [0.2, 0.25) is 5.91 Å². The highest BCUT2D eigenvalue weighted by Crippen LogP contribution is 2.20. The molecule has 0 spiro atoms. The zero-order valence-corrected chi connectivity index (χ0v) is 15.0. The lowest BCUT2D eigenvalue weighted by atomic mass is 9.93. The summed E-state index contributed by atoms with van der Waals surface area (Å²) >= 11 is 11.7. The van der Waals surface area contributed by atoms with Gasteiger partial charge < -0.3 is 10.2 Å². The number of nitrogens with one attached hydrogen (secondary N) is 1. The van der Waals surface area contributed by atoms with E-state index < -0.39 is 5.41 Å². The number of halogens is 2. The van der Waals surface area contributed by atoms with Crippen LogP contribution in [-0.2, 0) is 4.79 Å². The molecule has 0 aromatic heterocycles. The minimum atomic E-state index is -0.572. The Morgan fingerprint density at radius 3 is 2.30 bits per heavy atom. The van der Waals surface area contributed by atoms with Gasteiger partial charge in [-0.3, -0.25) is 9.59 Å². The van der Waals surface area contributed by atoms with Gasteiger partial charge in [-0.2, -0.15) is 0 Å². The molecule has 1 aliphatic heterocycles. The van der Waals surface area contributed by atoms with Gasteiger partial charge in [-0.05, 0) is 51.0 Å². The summed E-state index contributed by atoms with van der Waals surface area (Å²) < 4.78 is 0. The summed E-state index contributed by atoms with van der Waals surface area (Å²) in [7, 11) is 0. The largest absolute Gasteiger partial charge is 0.353 e. The number of hydrogen-bond acceptors (Lipinski definition) is 2. The van der Waals surface area contributed by atoms with Crippen LogP contribution in [0.25, 0.3) is 0 Å². The quantitative estimate of drug-likeness (QED) is 0.841. The number of amides is 2. The van der Waals surface area contributed by atoms with Crippen molar-refractivity contribution >= 4 is 35.0 Å². The summed E-state index contributed by atoms with van der Waals surface area (Å²) in [5.41, 5.74) is 0.0674. The molecule has 2 amide bonds. The first kappa shape index (κ1) is 18.1. The molecule has 126 valence electrons. The van der Waals surface area contributed by atoms with Gasteiger partial charge in [-0.15, -0.1) is 11.6 Å². The average Bonchev–Trinajstić information content (AvgIpc) is 2.55. The van der Waals surface area contributed by atoms with Crippen LogP contribution >= 0.6 is 23.2 Å². The van der Waals surface area contributed by atoms with E-state index in [1.165, 1.54) is 0 Å². The average molecular weight is 357 g/mol. The van der Waals surface area contributed by atoms with Gasteiger partial charge in [-0.25, -0.2) is 0 Å². The van der Waals surface area contributed by atoms with Crippen LogP contribution in [0.3, 0.4) is 0 Å². The van der Waals surface area contributed by atoms with Crippen LogP contribution in [0.15, 0.2) is 24.3 Å². The van der Waals surface area contributed by atoms with Crippen molar-refractivity contribution in [3.63, 3.8) is 0 Å². The lowest BCUT2D eigenvalue weighted by Crippen LogP contribution is -2.49. The van der Waals surface area contributed by atoms with Crippen LogP contribution in [-0.4, -0.2) is 41.7 Å². The highest BCUT2D eigenvalue weighted by atomic mass is 35.5. The maximum Gasteiger partial charge on any atom is 0.253 e. The van der Waals surface area contributed by atoms with Gasteiger partial charge in [-0.1, -0.05) is 11.6 Å². The molecule has 0 unspecified atom stereocenters. The molecule has 1 heterocycles. The topological polar surface area (TPSA) is 49.4 Å². The Kier molecular flexibility index (Phi) is 5.93. The number of rotatable bonds is 4. The van der Waals surface area contributed by atoms with Gasteiger partial charge in [0.05, 0.1) is 5.41 Å². The second-order valence-corrected chi connectivity index (χ2v) is 7.27. The molecule has 0 atom stereocenters. The standard InChI is InChI=1S/C17H22Cl2N2O2/c1-17(2,11-18)16(23)20-14-7-9-21(10-8-14)15(22)12-3-5-13(19)6-4-12/h3-6,14H,7-11H2,1-2H3,(H,20,23). The number of alkyl halides is 1. The molecular formula is C17H22Cl2N2O2. The lowest BCUT2D eigenvalue weighted by Gasteiger charge is -2.34. The van der Waals surface area contributed by atoms with Gasteiger partial charge >= 0.3 is 0 Å². The Hall–Kier alpha value is -1.26. The summed E-state index contributed by atoms with van der Waals surface area (Å²) in [5.74, 6) is 0.259. The molecular weight excluding hydrogens is 335 g/mol. The smallest absolute Gasteiger partial charge is 0.253 e. The number of carbonyl (C=O) groups is 2. The van der Waals surface area contributed by atoms with E-state index in [2.05, 4.69) is 5.32 Å². The number of benzene rings is 1. The third kappa shape index (κ3) is 4.61. The summed E-state index contributed by atoms with van der Waals surface area (Å²) in [6.45, 7) is 4.92. The fourth-order valence-corrected chi connectivity index (χ4v) is 2.69. The van der Waals surface area contributed by atoms with Crippen LogP contribution in [0, 0.1) is 5.41 Å². The molecule has 2 rings (SSSR count). The molecule has 4 nitrogen and oxygen atoms in total. The number of nitrogens with zero attached hydrogens (tertiary/aromatic N) is 1. The summed E-state index contributed by atoms with van der Waals surface area (Å²) in [5, 5.41) is 3.65. The van der Waals surface area contributed by atoms with Gasteiger partial charge in [0.1, 0.15) is 0 Å². The van der Waals surface area contributed by atoms with Crippen molar-refractivity contribution in [2.24, 2.45) is 5.41 Å². The van der Waals surface area contributed by atoms with Gasteiger partial charge in [0, 0.05) is 35.6 Å². The zero-order chi connectivity index (χ0) is 17.0. The fraction of sp³-hybridized carbons (Fsp3) is 0.529. The summed E-state index contributed by atoms with van der Waals surface area (Å²) in [6.07, 6.45) is 1.51. The monoisotopic (exact) mass is 356 g/mol. The Labute approximate surface area is 147 Å². The van der Waals surface area contributed by atoms with Crippen molar-refractivity contribution in [1.82, 2.24) is 10.2 Å². The Morgan fingerprint density at radius 1 is 1.22 bits per heavy atom. The predicted octanol–water partition coefficient (Wildman–Crippen LogP) is 3.33. The molecule has 0 radical (unpaired) electrons. The third-order valence-electron chi connectivity index (χ3n) is 4.16. The van der Waals surface area contributed by atoms with E-state index in [0.29, 0.717) is 23.7 Å². The zero-order valence-electron chi connectivity index (χ0n) is 13.4. The Bertz CT molecular complexity index is 564. The predicted molar refractivity (Wildman–Crippen MR) is 93.0 cm³/mol. The summed E-state index contributed by atoms with van der Waals surface area (Å²) in [4.78, 5) is 26.4. The lowest BCUT2D eigenvalue weighted by molar-refractivity contribution is -0.129. The van der Waals surface area contributed by atoms with Crippen LogP contribution in [0.4, 0.5) is 0 Å². The number of piperidine rings is 1. The Morgan fingerprint density at radius 2 is 1.78 bits per heavy atom. The molecule has 1 saturated heterocycles. The molecule has 6 heteroatoms. The van der Waals surface area contributed by atoms with Crippen molar-refractivity contribution in [3.8, 4) is 0 Å². The van der Waals surface area contributed by atoms with Crippen molar-refractivity contribution < 1.29 is 9.59 Å². The van der Waals surface area contributed by atoms with E-state index >= 15 is 0 Å². The molecule has 0 bridgehead atoms. The minimum absolute atomic E-state index is 0.00697. The fourth-order valence-electron chi connectivity index (χ4n) is 2.44. The van der Waals surface area contributed by atoms with Crippen LogP contribution in [0.1, 0.15) is 37.0 Å². The molecule has 1 N–H and O–H groups in total. The van der Waals surface area contributed by atoms with Crippen molar-refractivity contribution in [3.05, 3.63) is 34.9 Å². The van der Waals surface area contributed by atoms with E-state index in [0.717, 1.165) is 12.8 Å². The molecule has 1 aliphatic rings. The van der Waals surface area contributed by atoms with E-state index in [9.17, 15) is 9.59 Å². The van der Waals surface area contributed by atoms with E-state index in [1.807, 2.05) is 18.7 Å². The van der Waals surface area contributed by atoms with Gasteiger partial charge in [0.25, 0.3) is 5.91 Å². The van der Waals surface area contributed by atoms with Crippen LogP contribution in [0.2, 0.25) is 5.02 Å². The van der Waals surface area contributed by atoms with Gasteiger partial charge in [0.15, 0.2) is 0 Å². The number of likely N-dealkylation sites (tertiary alicyclic amines) is 1. The van der Waals surface area contributed by atoms with Crippen molar-refractivity contribution in [2.45, 2.75) is 32.7 Å². The molecule has 0 saturated carbocycles. The first-order chi connectivity index (χ1) is 10.8. The Balaban J connectivity index is 1.87. The number of hydrogen-bond donors (Lipinski definition) is 1. The number of carbonyl (C=O) groups excluding carboxylic acids is 2. The first-order valence-corrected chi connectivity index (χ1v) is 8.66. The molecule has 1 aromatic carbocycles. The molecule has 1 aromatic rings. The second-order valence-electron chi connectivity index (χ2n) is 6.56. The highest BCUT2D eigenvalue weighted by Gasteiger charge is 2.30. The van der Waals surface area contributed by atoms with E-state index in [1.54, 1.807) is 24.3 Å². The minimum Gasteiger partial charge on any atom is -0.353 e. The summed E-state index contributed by atoms with van der Waals surface area (Å²) in [6, 6.07) is 7.01. The van der Waals surface area contributed by atoms with Crippen molar-refractivity contribution in [1.29, 1.82) is 0 Å². The van der Waals surface area contributed by atoms with E-state index in [-0.39, 0.29) is 23.7 Å². The normalized spacial score (nSPS) is 16.3. The SMILES string of the molecule is CC(C)(CCl)C(=O)NC1CCN(C(=O)c2ccc(Cl)cc2)CC1. The first-order valence-electron chi connectivity index (χ1n) is 7.75. The van der Waals surface area contributed by atoms with Crippen LogP contribution < -0.4 is 5.32 Å². The maximum absolute atomic E-state index is 12.4. The molecule has 23 heavy (non-hydrogen) atoms. The van der Waals surface area contributed by atoms with Crippen LogP contribution in [0.5, 0.6) is 0 Å². The van der Waals surface area contributed by atoms with E-state index in [4.69, 9.17) is 23.2 Å². The molecule has 0 aliphatic carbocycles. The second kappa shape index (κ2) is 7.54.